The second kappa shape index (κ2) is 6.73. The van der Waals surface area contributed by atoms with Gasteiger partial charge < -0.3 is 10.2 Å². The van der Waals surface area contributed by atoms with Gasteiger partial charge in [-0.1, -0.05) is 26.0 Å². The fourth-order valence-corrected chi connectivity index (χ4v) is 3.30. The normalized spacial score (nSPS) is 13.7. The zero-order chi connectivity index (χ0) is 19.0. The fourth-order valence-electron chi connectivity index (χ4n) is 2.91. The van der Waals surface area contributed by atoms with E-state index in [2.05, 4.69) is 0 Å². The van der Waals surface area contributed by atoms with Crippen molar-refractivity contribution in [1.82, 2.24) is 0 Å². The monoisotopic (exact) mass is 371 g/mol. The SMILES string of the molecule is CC(C)C(=Cc1cc(O)c2c(c1)C(=O)c1cccc(O)c1C2=O)O[PH+]=O. The highest BCUT2D eigenvalue weighted by Crippen LogP contribution is 2.37. The van der Waals surface area contributed by atoms with Crippen LogP contribution in [0.3, 0.4) is 0 Å². The standard InChI is InChI=1S/C19H15O6P/c1-9(2)15(25-26-24)8-10-6-12-17(14(21)7-10)19(23)16-11(18(12)22)4-3-5-13(16)20/h3-9,26H,1-2H3,(H-,20,21,23)/p+1. The maximum absolute atomic E-state index is 12.8. The second-order valence-electron chi connectivity index (χ2n) is 6.21. The first-order valence-electron chi connectivity index (χ1n) is 7.89. The quantitative estimate of drug-likeness (QED) is 0.534. The maximum Gasteiger partial charge on any atom is 0.541 e. The van der Waals surface area contributed by atoms with Crippen LogP contribution < -0.4 is 0 Å². The zero-order valence-electron chi connectivity index (χ0n) is 14.1. The molecule has 0 amide bonds. The highest BCUT2D eigenvalue weighted by molar-refractivity contribution is 7.17. The maximum atomic E-state index is 12.8. The molecule has 0 spiro atoms. The van der Waals surface area contributed by atoms with E-state index in [9.17, 15) is 24.4 Å². The van der Waals surface area contributed by atoms with Crippen molar-refractivity contribution in [3.63, 3.8) is 0 Å². The minimum Gasteiger partial charge on any atom is -0.507 e. The average molecular weight is 371 g/mol. The molecule has 1 aliphatic carbocycles. The molecule has 0 fully saturated rings. The van der Waals surface area contributed by atoms with Crippen molar-refractivity contribution in [3.8, 4) is 11.5 Å². The van der Waals surface area contributed by atoms with Crippen LogP contribution in [0.15, 0.2) is 36.1 Å². The Morgan fingerprint density at radius 3 is 2.38 bits per heavy atom. The highest BCUT2D eigenvalue weighted by Gasteiger charge is 2.34. The lowest BCUT2D eigenvalue weighted by atomic mass is 9.82. The molecule has 2 aromatic rings. The van der Waals surface area contributed by atoms with E-state index in [1.165, 1.54) is 30.3 Å². The Morgan fingerprint density at radius 1 is 1.04 bits per heavy atom. The van der Waals surface area contributed by atoms with Crippen LogP contribution in [-0.4, -0.2) is 21.8 Å². The summed E-state index contributed by atoms with van der Waals surface area (Å²) in [4.78, 5) is 25.5. The van der Waals surface area contributed by atoms with Gasteiger partial charge in [0.25, 0.3) is 0 Å². The van der Waals surface area contributed by atoms with Crippen LogP contribution in [0, 0.1) is 5.92 Å². The number of fused-ring (bicyclic) bond motifs is 2. The molecule has 0 saturated heterocycles. The number of phenolic OH excluding ortho intramolecular Hbond substituents is 2. The summed E-state index contributed by atoms with van der Waals surface area (Å²) in [6.07, 6.45) is 1.56. The molecule has 7 heteroatoms. The number of allylic oxidation sites excluding steroid dienone is 1. The number of aromatic hydroxyl groups is 2. The number of rotatable bonds is 4. The molecular weight excluding hydrogens is 355 g/mol. The van der Waals surface area contributed by atoms with E-state index >= 15 is 0 Å². The molecule has 2 N–H and O–H groups in total. The fraction of sp³-hybridized carbons (Fsp3) is 0.158. The molecule has 1 atom stereocenters. The molecule has 1 unspecified atom stereocenters. The van der Waals surface area contributed by atoms with Gasteiger partial charge in [0.2, 0.25) is 5.78 Å². The van der Waals surface area contributed by atoms with E-state index in [1.807, 2.05) is 13.8 Å². The molecule has 0 saturated carbocycles. The van der Waals surface area contributed by atoms with Gasteiger partial charge >= 0.3 is 8.69 Å². The number of ketones is 2. The highest BCUT2D eigenvalue weighted by atomic mass is 31.1. The van der Waals surface area contributed by atoms with Crippen LogP contribution in [0.5, 0.6) is 11.5 Å². The van der Waals surface area contributed by atoms with Gasteiger partial charge in [-0.2, -0.15) is 0 Å². The Balaban J connectivity index is 2.19. The van der Waals surface area contributed by atoms with E-state index in [-0.39, 0.29) is 39.7 Å². The van der Waals surface area contributed by atoms with E-state index in [1.54, 1.807) is 6.08 Å². The topological polar surface area (TPSA) is 101 Å². The number of carbonyl (C=O) groups is 2. The van der Waals surface area contributed by atoms with Crippen molar-refractivity contribution in [2.24, 2.45) is 5.92 Å². The molecule has 0 bridgehead atoms. The Hall–Kier alpha value is -2.98. The summed E-state index contributed by atoms with van der Waals surface area (Å²) in [7, 11) is -0.978. The molecule has 0 aliphatic heterocycles. The molecule has 0 aromatic heterocycles. The molecule has 2 aromatic carbocycles. The molecule has 1 aliphatic rings. The first kappa shape index (κ1) is 17.8. The molecule has 0 radical (unpaired) electrons. The first-order chi connectivity index (χ1) is 12.3. The first-order valence-corrected chi connectivity index (χ1v) is 8.70. The summed E-state index contributed by atoms with van der Waals surface area (Å²) in [5.41, 5.74) is 0.325. The number of hydrogen-bond acceptors (Lipinski definition) is 6. The predicted octanol–water partition coefficient (Wildman–Crippen LogP) is 3.83. The summed E-state index contributed by atoms with van der Waals surface area (Å²) in [5.74, 6) is -1.39. The minimum absolute atomic E-state index is 0.0482. The van der Waals surface area contributed by atoms with Gasteiger partial charge in [-0.25, -0.2) is 0 Å². The number of hydrogen-bond donors (Lipinski definition) is 2. The van der Waals surface area contributed by atoms with E-state index in [0.717, 1.165) is 0 Å². The molecule has 6 nitrogen and oxygen atoms in total. The van der Waals surface area contributed by atoms with Crippen molar-refractivity contribution >= 4 is 26.3 Å². The molecule has 0 heterocycles. The molecule has 132 valence electrons. The largest absolute Gasteiger partial charge is 0.541 e. The molecular formula is C19H16O6P+. The van der Waals surface area contributed by atoms with Crippen LogP contribution >= 0.6 is 8.69 Å². The van der Waals surface area contributed by atoms with Gasteiger partial charge in [-0.3, -0.25) is 14.1 Å². The number of carbonyl (C=O) groups excluding carboxylic acids is 2. The van der Waals surface area contributed by atoms with Crippen LogP contribution in [0.2, 0.25) is 0 Å². The van der Waals surface area contributed by atoms with E-state index in [0.29, 0.717) is 11.3 Å². The Kier molecular flexibility index (Phi) is 4.62. The van der Waals surface area contributed by atoms with Crippen LogP contribution in [0.1, 0.15) is 51.3 Å². The summed E-state index contributed by atoms with van der Waals surface area (Å²) in [6, 6.07) is 7.06. The van der Waals surface area contributed by atoms with Crippen molar-refractivity contribution < 1.29 is 28.9 Å². The van der Waals surface area contributed by atoms with Gasteiger partial charge in [-0.15, -0.1) is 0 Å². The van der Waals surface area contributed by atoms with Crippen molar-refractivity contribution in [2.75, 3.05) is 0 Å². The van der Waals surface area contributed by atoms with Gasteiger partial charge in [-0.05, 0) is 34.4 Å². The Bertz CT molecular complexity index is 974. The predicted molar refractivity (Wildman–Crippen MR) is 96.0 cm³/mol. The second-order valence-corrected chi connectivity index (χ2v) is 6.58. The van der Waals surface area contributed by atoms with Crippen LogP contribution in [0.25, 0.3) is 6.08 Å². The Morgan fingerprint density at radius 2 is 1.73 bits per heavy atom. The molecule has 26 heavy (non-hydrogen) atoms. The lowest BCUT2D eigenvalue weighted by Crippen LogP contribution is -2.21. The van der Waals surface area contributed by atoms with Crippen LogP contribution in [-0.2, 0) is 9.09 Å². The lowest BCUT2D eigenvalue weighted by molar-refractivity contribution is 0.0974. The van der Waals surface area contributed by atoms with Gasteiger partial charge in [0, 0.05) is 17.0 Å². The summed E-state index contributed by atoms with van der Waals surface area (Å²) in [6.45, 7) is 3.69. The van der Waals surface area contributed by atoms with Crippen molar-refractivity contribution in [1.29, 1.82) is 0 Å². The summed E-state index contributed by atoms with van der Waals surface area (Å²) >= 11 is 0. The minimum atomic E-state index is -0.978. The smallest absolute Gasteiger partial charge is 0.507 e. The summed E-state index contributed by atoms with van der Waals surface area (Å²) in [5, 5.41) is 20.3. The third-order valence-electron chi connectivity index (χ3n) is 4.16. The third-order valence-corrected chi connectivity index (χ3v) is 4.48. The van der Waals surface area contributed by atoms with Crippen molar-refractivity contribution in [3.05, 3.63) is 63.9 Å². The lowest BCUT2D eigenvalue weighted by Gasteiger charge is -2.19. The van der Waals surface area contributed by atoms with Crippen molar-refractivity contribution in [2.45, 2.75) is 13.8 Å². The van der Waals surface area contributed by atoms with Crippen LogP contribution in [0.4, 0.5) is 0 Å². The van der Waals surface area contributed by atoms with E-state index < -0.39 is 20.3 Å². The molecule has 3 rings (SSSR count). The third kappa shape index (κ3) is 2.89. The van der Waals surface area contributed by atoms with Gasteiger partial charge in [0.05, 0.1) is 11.1 Å². The Labute approximate surface area is 151 Å². The van der Waals surface area contributed by atoms with E-state index in [4.69, 9.17) is 4.52 Å². The zero-order valence-corrected chi connectivity index (χ0v) is 15.1. The summed E-state index contributed by atoms with van der Waals surface area (Å²) < 4.78 is 15.9. The average Bonchev–Trinajstić information content (AvgIpc) is 2.58. The van der Waals surface area contributed by atoms with Gasteiger partial charge in [0.1, 0.15) is 11.5 Å². The van der Waals surface area contributed by atoms with Gasteiger partial charge in [0.15, 0.2) is 11.5 Å². The number of benzene rings is 2. The number of phenols is 2.